The summed E-state index contributed by atoms with van der Waals surface area (Å²) in [5, 5.41) is 34.2. The Morgan fingerprint density at radius 3 is 2.36 bits per heavy atom. The molecule has 350 valence electrons. The quantitative estimate of drug-likeness (QED) is 0.0541. The number of nitrogens with one attached hydrogen (secondary N) is 2. The number of benzene rings is 3. The van der Waals surface area contributed by atoms with Crippen LogP contribution in [0.3, 0.4) is 0 Å². The fourth-order valence-corrected chi connectivity index (χ4v) is 7.96. The van der Waals surface area contributed by atoms with Crippen LogP contribution in [0.2, 0.25) is 5.02 Å². The van der Waals surface area contributed by atoms with E-state index in [2.05, 4.69) is 20.6 Å². The molecule has 7 rings (SSSR count). The number of phenolic OH excluding ortho intramolecular Hbond substituents is 1. The molecular weight excluding hydrogens is 894 g/mol. The molecule has 20 nitrogen and oxygen atoms in total. The highest BCUT2D eigenvalue weighted by molar-refractivity contribution is 6.34. The van der Waals surface area contributed by atoms with E-state index in [0.29, 0.717) is 5.75 Å². The Morgan fingerprint density at radius 2 is 1.65 bits per heavy atom. The van der Waals surface area contributed by atoms with Crippen LogP contribution in [0.4, 0.5) is 20.5 Å². The number of aromatic hydroxyl groups is 1. The molecular formula is C43H45ClF2N8O12. The van der Waals surface area contributed by atoms with Crippen LogP contribution in [0, 0.1) is 11.6 Å². The number of piperazine rings is 1. The Labute approximate surface area is 380 Å². The maximum absolute atomic E-state index is 16.4. The van der Waals surface area contributed by atoms with E-state index < -0.39 is 70.4 Å². The van der Waals surface area contributed by atoms with Gasteiger partial charge in [0.1, 0.15) is 41.3 Å². The Kier molecular flexibility index (Phi) is 14.9. The van der Waals surface area contributed by atoms with Gasteiger partial charge in [0, 0.05) is 70.1 Å². The minimum absolute atomic E-state index is 0.0173. The number of aromatic nitrogens is 2. The summed E-state index contributed by atoms with van der Waals surface area (Å²) < 4.78 is 48.2. The third-order valence-corrected chi connectivity index (χ3v) is 11.4. The summed E-state index contributed by atoms with van der Waals surface area (Å²) in [6.07, 6.45) is -2.13. The van der Waals surface area contributed by atoms with Gasteiger partial charge in [0.25, 0.3) is 17.7 Å². The molecule has 23 heteroatoms. The molecule has 0 radical (unpaired) electrons. The van der Waals surface area contributed by atoms with Crippen LogP contribution in [-0.4, -0.2) is 167 Å². The van der Waals surface area contributed by atoms with Crippen molar-refractivity contribution in [1.82, 2.24) is 30.0 Å². The van der Waals surface area contributed by atoms with Crippen LogP contribution in [0.25, 0.3) is 22.0 Å². The number of hydrogen-bond acceptors (Lipinski definition) is 16. The highest BCUT2D eigenvalue weighted by Crippen LogP contribution is 2.42. The number of carbonyl (C=O) groups is 6. The van der Waals surface area contributed by atoms with E-state index in [1.165, 1.54) is 46.2 Å². The second-order valence-corrected chi connectivity index (χ2v) is 15.8. The zero-order chi connectivity index (χ0) is 47.2. The van der Waals surface area contributed by atoms with Gasteiger partial charge in [0.15, 0.2) is 5.82 Å². The lowest BCUT2D eigenvalue weighted by Crippen LogP contribution is -2.54. The number of anilines is 2. The number of aliphatic hydroxyl groups is 2. The number of fused-ring (bicyclic) bond motifs is 2. The van der Waals surface area contributed by atoms with Gasteiger partial charge >= 0.3 is 0 Å². The molecule has 5 N–H and O–H groups in total. The molecule has 0 aliphatic carbocycles. The first-order valence-electron chi connectivity index (χ1n) is 20.8. The average molecular weight is 939 g/mol. The van der Waals surface area contributed by atoms with E-state index in [-0.39, 0.29) is 136 Å². The Balaban J connectivity index is 0.866. The molecule has 4 heterocycles. The number of piperidine rings is 1. The smallest absolute Gasteiger partial charge is 0.279 e. The highest BCUT2D eigenvalue weighted by Gasteiger charge is 2.44. The van der Waals surface area contributed by atoms with Crippen LogP contribution in [0.15, 0.2) is 42.5 Å². The number of hydrogen-bond donors (Lipinski definition) is 5. The zero-order valence-electron chi connectivity index (χ0n) is 35.4. The summed E-state index contributed by atoms with van der Waals surface area (Å²) in [5.41, 5.74) is -0.907. The normalized spacial score (nSPS) is 16.3. The second-order valence-electron chi connectivity index (χ2n) is 15.4. The van der Waals surface area contributed by atoms with Gasteiger partial charge in [-0.3, -0.25) is 39.0 Å². The van der Waals surface area contributed by atoms with Gasteiger partial charge in [-0.15, -0.1) is 0 Å². The largest absolute Gasteiger partial charge is 0.507 e. The summed E-state index contributed by atoms with van der Waals surface area (Å²) >= 11 is 6.52. The van der Waals surface area contributed by atoms with Crippen molar-refractivity contribution in [2.45, 2.75) is 31.6 Å². The molecule has 0 saturated carbocycles. The molecule has 66 heavy (non-hydrogen) atoms. The van der Waals surface area contributed by atoms with Crippen molar-refractivity contribution < 1.29 is 67.1 Å². The van der Waals surface area contributed by atoms with Gasteiger partial charge in [0.2, 0.25) is 30.0 Å². The van der Waals surface area contributed by atoms with E-state index >= 15 is 4.39 Å². The van der Waals surface area contributed by atoms with Gasteiger partial charge in [-0.2, -0.15) is 4.98 Å². The van der Waals surface area contributed by atoms with Gasteiger partial charge in [-0.25, -0.2) is 13.8 Å². The summed E-state index contributed by atoms with van der Waals surface area (Å²) in [7, 11) is 1.60. The second kappa shape index (κ2) is 20.7. The Morgan fingerprint density at radius 1 is 0.939 bits per heavy atom. The number of imide groups is 2. The van der Waals surface area contributed by atoms with E-state index in [9.17, 15) is 48.5 Å². The van der Waals surface area contributed by atoms with Gasteiger partial charge in [-0.1, -0.05) is 17.7 Å². The summed E-state index contributed by atoms with van der Waals surface area (Å²) in [6.45, 7) is 1.68. The van der Waals surface area contributed by atoms with Crippen molar-refractivity contribution in [3.63, 3.8) is 0 Å². The molecule has 0 spiro atoms. The van der Waals surface area contributed by atoms with Crippen LogP contribution in [0.1, 0.15) is 40.0 Å². The molecule has 3 aliphatic heterocycles. The van der Waals surface area contributed by atoms with Crippen molar-refractivity contribution in [3.05, 3.63) is 70.2 Å². The molecule has 3 aromatic carbocycles. The van der Waals surface area contributed by atoms with Crippen LogP contribution in [-0.2, 0) is 28.7 Å². The number of nitrogens with zero attached hydrogens (tertiary/aromatic N) is 6. The minimum Gasteiger partial charge on any atom is -0.507 e. The fourth-order valence-electron chi connectivity index (χ4n) is 7.67. The number of amides is 6. The summed E-state index contributed by atoms with van der Waals surface area (Å²) in [5.74, 6) is -5.59. The molecule has 1 aromatic heterocycles. The topological polar surface area (TPSA) is 254 Å². The van der Waals surface area contributed by atoms with Crippen molar-refractivity contribution in [2.24, 2.45) is 0 Å². The predicted molar refractivity (Wildman–Crippen MR) is 230 cm³/mol. The lowest BCUT2D eigenvalue weighted by atomic mass is 10.0. The van der Waals surface area contributed by atoms with Gasteiger partial charge in [0.05, 0.1) is 48.1 Å². The first-order valence-corrected chi connectivity index (χ1v) is 21.2. The molecule has 6 amide bonds. The number of likely N-dealkylation sites (N-methyl/N-ethyl adjacent to an activating group) is 1. The highest BCUT2D eigenvalue weighted by atomic mass is 35.5. The van der Waals surface area contributed by atoms with Crippen molar-refractivity contribution >= 4 is 69.7 Å². The van der Waals surface area contributed by atoms with Crippen LogP contribution < -0.4 is 20.3 Å². The Bertz CT molecular complexity index is 2540. The summed E-state index contributed by atoms with van der Waals surface area (Å²) in [6, 6.07) is 8.18. The van der Waals surface area contributed by atoms with E-state index in [1.807, 2.05) is 0 Å². The maximum atomic E-state index is 16.4. The SMILES string of the molecule is CN(CCOCCOCCOc1ccc2c(c1)C(=O)N(C1CCC(=O)NC1=O)C2=O)C(=O)CCNc1nc(N2CCN(C(=O)C(O)O)CC2)c2cc(Cl)c(-c3c(O)cccc3F)c(F)c2n1. The Hall–Kier alpha value is -6.59. The average Bonchev–Trinajstić information content (AvgIpc) is 3.53. The molecule has 1 atom stereocenters. The van der Waals surface area contributed by atoms with E-state index in [0.717, 1.165) is 11.0 Å². The number of aliphatic hydroxyl groups excluding tert-OH is 1. The lowest BCUT2D eigenvalue weighted by molar-refractivity contribution is -0.159. The molecule has 2 saturated heterocycles. The molecule has 4 aromatic rings. The van der Waals surface area contributed by atoms with Crippen molar-refractivity contribution in [2.75, 3.05) is 89.6 Å². The zero-order valence-corrected chi connectivity index (χ0v) is 36.2. The number of halogens is 3. The third kappa shape index (κ3) is 10.3. The molecule has 2 fully saturated rings. The maximum Gasteiger partial charge on any atom is 0.279 e. The molecule has 3 aliphatic rings. The number of rotatable bonds is 18. The van der Waals surface area contributed by atoms with Crippen molar-refractivity contribution in [1.29, 1.82) is 0 Å². The first kappa shape index (κ1) is 47.4. The van der Waals surface area contributed by atoms with E-state index in [1.54, 1.807) is 11.9 Å². The fraction of sp³-hybridized carbons (Fsp3) is 0.395. The standard InChI is InChI=1S/C43H45ClF2N8O12/c1-51(15-16-64-17-18-65-19-20-66-23-5-6-24-25(21-23)40(60)54(39(24)59)29-7-8-31(56)48-38(29)58)32(57)9-10-47-43-49-36-26(37(50-43)52-11-13-53(14-12-52)41(61)42(62)63)22-27(44)33(35(36)46)34-28(45)3-2-4-30(34)55/h2-6,21-22,29,42,55,62-63H,7-20H2,1H3,(H,47,49,50)(H,48,56,58). The van der Waals surface area contributed by atoms with E-state index in [4.69, 9.17) is 25.8 Å². The minimum atomic E-state index is -2.18. The van der Waals surface area contributed by atoms with Crippen molar-refractivity contribution in [3.8, 4) is 22.6 Å². The first-order chi connectivity index (χ1) is 31.6. The number of ether oxygens (including phenoxy) is 3. The predicted octanol–water partition coefficient (Wildman–Crippen LogP) is 1.67. The molecule has 0 bridgehead atoms. The number of phenols is 1. The lowest BCUT2D eigenvalue weighted by Gasteiger charge is -2.36. The molecule has 1 unspecified atom stereocenters. The van der Waals surface area contributed by atoms with Crippen LogP contribution in [0.5, 0.6) is 11.5 Å². The van der Waals surface area contributed by atoms with Gasteiger partial charge in [-0.05, 0) is 42.8 Å². The number of carbonyl (C=O) groups excluding carboxylic acids is 6. The monoisotopic (exact) mass is 938 g/mol. The summed E-state index contributed by atoms with van der Waals surface area (Å²) in [4.78, 5) is 89.2. The third-order valence-electron chi connectivity index (χ3n) is 11.1. The van der Waals surface area contributed by atoms with Gasteiger partial charge < -0.3 is 49.5 Å². The van der Waals surface area contributed by atoms with Crippen LogP contribution >= 0.6 is 11.6 Å².